The molecule has 1 aliphatic rings. The van der Waals surface area contributed by atoms with Crippen molar-refractivity contribution >= 4 is 12.9 Å². The van der Waals surface area contributed by atoms with E-state index < -0.39 is 0 Å². The van der Waals surface area contributed by atoms with Crippen LogP contribution in [0, 0.1) is 0 Å². The van der Waals surface area contributed by atoms with Crippen LogP contribution < -0.4 is 5.46 Å². The van der Waals surface area contributed by atoms with E-state index in [2.05, 4.69) is 0 Å². The van der Waals surface area contributed by atoms with Crippen LogP contribution in [0.1, 0.15) is 24.8 Å². The standard InChI is InChI=1S/C13H19BO3/c15-14-12-6-2-1-5-11(12)8-10-17-13-7-3-4-9-16-13/h1-2,5-6,13-15H,3-4,7-10H2. The molecule has 1 unspecified atom stereocenters. The number of hydrogen-bond acceptors (Lipinski definition) is 3. The topological polar surface area (TPSA) is 38.7 Å². The van der Waals surface area contributed by atoms with Gasteiger partial charge in [-0.3, -0.25) is 0 Å². The number of benzene rings is 1. The van der Waals surface area contributed by atoms with Crippen molar-refractivity contribution in [3.8, 4) is 0 Å². The highest BCUT2D eigenvalue weighted by atomic mass is 16.7. The van der Waals surface area contributed by atoms with E-state index in [0.29, 0.717) is 6.61 Å². The molecule has 2 rings (SSSR count). The van der Waals surface area contributed by atoms with Crippen LogP contribution in [-0.2, 0) is 15.9 Å². The summed E-state index contributed by atoms with van der Waals surface area (Å²) >= 11 is 0. The Hall–Kier alpha value is -0.835. The van der Waals surface area contributed by atoms with Gasteiger partial charge in [0.05, 0.1) is 6.61 Å². The van der Waals surface area contributed by atoms with Gasteiger partial charge in [-0.25, -0.2) is 0 Å². The molecule has 1 aromatic carbocycles. The average Bonchev–Trinajstić information content (AvgIpc) is 2.40. The first-order valence-electron chi connectivity index (χ1n) is 6.31. The van der Waals surface area contributed by atoms with E-state index in [1.165, 1.54) is 6.42 Å². The van der Waals surface area contributed by atoms with E-state index >= 15 is 0 Å². The van der Waals surface area contributed by atoms with Crippen LogP contribution in [-0.4, -0.2) is 32.0 Å². The largest absolute Gasteiger partial charge is 0.449 e. The van der Waals surface area contributed by atoms with Gasteiger partial charge < -0.3 is 14.5 Å². The normalized spacial score (nSPS) is 20.2. The van der Waals surface area contributed by atoms with Crippen molar-refractivity contribution in [2.45, 2.75) is 32.0 Å². The fraction of sp³-hybridized carbons (Fsp3) is 0.538. The minimum absolute atomic E-state index is 0.0231. The molecule has 0 aromatic heterocycles. The molecule has 1 aliphatic heterocycles. The Bertz CT molecular complexity index is 337. The van der Waals surface area contributed by atoms with Gasteiger partial charge in [-0.2, -0.15) is 0 Å². The van der Waals surface area contributed by atoms with Gasteiger partial charge in [0.15, 0.2) is 6.29 Å². The molecule has 92 valence electrons. The van der Waals surface area contributed by atoms with E-state index in [9.17, 15) is 5.02 Å². The zero-order chi connectivity index (χ0) is 11.9. The molecule has 0 spiro atoms. The second kappa shape index (κ2) is 6.79. The van der Waals surface area contributed by atoms with Crippen LogP contribution in [0.2, 0.25) is 0 Å². The van der Waals surface area contributed by atoms with Gasteiger partial charge in [0.25, 0.3) is 0 Å². The minimum atomic E-state index is -0.0231. The molecule has 0 saturated carbocycles. The van der Waals surface area contributed by atoms with E-state index in [-0.39, 0.29) is 13.8 Å². The smallest absolute Gasteiger partial charge is 0.305 e. The summed E-state index contributed by atoms with van der Waals surface area (Å²) in [5, 5.41) is 9.20. The van der Waals surface area contributed by atoms with Crippen molar-refractivity contribution in [3.63, 3.8) is 0 Å². The third-order valence-electron chi connectivity index (χ3n) is 3.10. The fourth-order valence-electron chi connectivity index (χ4n) is 2.10. The van der Waals surface area contributed by atoms with E-state index in [0.717, 1.165) is 36.9 Å². The number of hydrogen-bond donors (Lipinski definition) is 1. The SMILES string of the molecule is OBc1ccccc1CCOC1CCCCO1. The minimum Gasteiger partial charge on any atom is -0.449 e. The second-order valence-electron chi connectivity index (χ2n) is 4.34. The van der Waals surface area contributed by atoms with Gasteiger partial charge in [0.2, 0.25) is 0 Å². The molecule has 0 aliphatic carbocycles. The summed E-state index contributed by atoms with van der Waals surface area (Å²) in [6.45, 7) is 1.47. The van der Waals surface area contributed by atoms with Crippen molar-refractivity contribution in [2.24, 2.45) is 0 Å². The van der Waals surface area contributed by atoms with Crippen LogP contribution in [0.3, 0.4) is 0 Å². The van der Waals surface area contributed by atoms with Gasteiger partial charge in [-0.15, -0.1) is 0 Å². The Kier molecular flexibility index (Phi) is 5.04. The van der Waals surface area contributed by atoms with Crippen LogP contribution >= 0.6 is 0 Å². The van der Waals surface area contributed by atoms with E-state index in [1.54, 1.807) is 0 Å². The quantitative estimate of drug-likeness (QED) is 0.764. The van der Waals surface area contributed by atoms with Crippen molar-refractivity contribution < 1.29 is 14.5 Å². The van der Waals surface area contributed by atoms with Gasteiger partial charge in [0.1, 0.15) is 0 Å². The lowest BCUT2D eigenvalue weighted by atomic mass is 9.83. The van der Waals surface area contributed by atoms with Crippen molar-refractivity contribution in [1.82, 2.24) is 0 Å². The Morgan fingerprint density at radius 3 is 3.00 bits per heavy atom. The third-order valence-corrected chi connectivity index (χ3v) is 3.10. The summed E-state index contributed by atoms with van der Waals surface area (Å²) in [7, 11) is 0.0934. The van der Waals surface area contributed by atoms with E-state index in [4.69, 9.17) is 9.47 Å². The van der Waals surface area contributed by atoms with Gasteiger partial charge in [-0.05, 0) is 36.7 Å². The molecule has 1 saturated heterocycles. The molecule has 17 heavy (non-hydrogen) atoms. The lowest BCUT2D eigenvalue weighted by Gasteiger charge is -2.22. The molecular formula is C13H19BO3. The molecule has 1 aromatic rings. The molecule has 0 radical (unpaired) electrons. The molecule has 1 fully saturated rings. The summed E-state index contributed by atoms with van der Waals surface area (Å²) in [6.07, 6.45) is 4.15. The van der Waals surface area contributed by atoms with Crippen molar-refractivity contribution in [3.05, 3.63) is 29.8 Å². The van der Waals surface area contributed by atoms with Crippen LogP contribution in [0.15, 0.2) is 24.3 Å². The highest BCUT2D eigenvalue weighted by molar-refractivity contribution is 6.46. The molecule has 1 heterocycles. The Morgan fingerprint density at radius 2 is 2.24 bits per heavy atom. The van der Waals surface area contributed by atoms with Crippen LogP contribution in [0.25, 0.3) is 0 Å². The molecular weight excluding hydrogens is 215 g/mol. The summed E-state index contributed by atoms with van der Waals surface area (Å²) in [6, 6.07) is 7.93. The lowest BCUT2D eigenvalue weighted by Crippen LogP contribution is -2.25. The van der Waals surface area contributed by atoms with Crippen molar-refractivity contribution in [1.29, 1.82) is 0 Å². The maximum absolute atomic E-state index is 9.20. The molecule has 1 atom stereocenters. The van der Waals surface area contributed by atoms with Crippen molar-refractivity contribution in [2.75, 3.05) is 13.2 Å². The molecule has 3 nitrogen and oxygen atoms in total. The Balaban J connectivity index is 1.77. The number of ether oxygens (including phenoxy) is 2. The predicted molar refractivity (Wildman–Crippen MR) is 68.7 cm³/mol. The predicted octanol–water partition coefficient (Wildman–Crippen LogP) is 0.741. The van der Waals surface area contributed by atoms with Gasteiger partial charge in [0, 0.05) is 6.61 Å². The maximum Gasteiger partial charge on any atom is 0.305 e. The zero-order valence-electron chi connectivity index (χ0n) is 10.1. The third kappa shape index (κ3) is 3.84. The average molecular weight is 234 g/mol. The molecule has 0 bridgehead atoms. The number of rotatable bonds is 5. The van der Waals surface area contributed by atoms with Gasteiger partial charge >= 0.3 is 7.48 Å². The fourth-order valence-corrected chi connectivity index (χ4v) is 2.10. The summed E-state index contributed by atoms with van der Waals surface area (Å²) in [5.74, 6) is 0. The van der Waals surface area contributed by atoms with E-state index in [1.807, 2.05) is 24.3 Å². The first-order valence-corrected chi connectivity index (χ1v) is 6.31. The summed E-state index contributed by atoms with van der Waals surface area (Å²) < 4.78 is 11.2. The lowest BCUT2D eigenvalue weighted by molar-refractivity contribution is -0.161. The Morgan fingerprint density at radius 1 is 1.35 bits per heavy atom. The van der Waals surface area contributed by atoms with Gasteiger partial charge in [-0.1, -0.05) is 24.3 Å². The first-order chi connectivity index (χ1) is 8.40. The van der Waals surface area contributed by atoms with Crippen LogP contribution in [0.4, 0.5) is 0 Å². The monoisotopic (exact) mass is 234 g/mol. The highest BCUT2D eigenvalue weighted by Gasteiger charge is 2.13. The molecule has 1 N–H and O–H groups in total. The summed E-state index contributed by atoms with van der Waals surface area (Å²) in [4.78, 5) is 0. The summed E-state index contributed by atoms with van der Waals surface area (Å²) in [5.41, 5.74) is 2.14. The Labute approximate surface area is 103 Å². The highest BCUT2D eigenvalue weighted by Crippen LogP contribution is 2.13. The molecule has 4 heteroatoms. The molecule has 0 amide bonds. The van der Waals surface area contributed by atoms with Crippen LogP contribution in [0.5, 0.6) is 0 Å². The first kappa shape index (κ1) is 12.6. The zero-order valence-corrected chi connectivity index (χ0v) is 10.1. The maximum atomic E-state index is 9.20. The second-order valence-corrected chi connectivity index (χ2v) is 4.34.